The molecule has 0 fully saturated rings. The lowest BCUT2D eigenvalue weighted by Gasteiger charge is -2.43. The van der Waals surface area contributed by atoms with E-state index < -0.39 is 68.8 Å². The Bertz CT molecular complexity index is 982. The van der Waals surface area contributed by atoms with E-state index >= 15 is 0 Å². The minimum Gasteiger partial charge on any atom is -0.194 e. The molecular formula is C8F18O6S2. The third-order valence-electron chi connectivity index (χ3n) is 3.13. The summed E-state index contributed by atoms with van der Waals surface area (Å²) in [7, 11) is -15.7. The molecule has 206 valence electrons. The van der Waals surface area contributed by atoms with Crippen molar-refractivity contribution in [3.63, 3.8) is 0 Å². The lowest BCUT2D eigenvalue weighted by atomic mass is 9.90. The maximum Gasteiger partial charge on any atom is 0.460 e. The van der Waals surface area contributed by atoms with E-state index in [4.69, 9.17) is 0 Å². The normalized spacial score (nSPS) is 18.1. The number of halogens is 18. The van der Waals surface area contributed by atoms with Crippen LogP contribution in [-0.4, -0.2) is 64.6 Å². The Hall–Kier alpha value is -1.44. The molecule has 0 radical (unpaired) electrons. The summed E-state index contributed by atoms with van der Waals surface area (Å²) in [4.78, 5) is 0. The first-order chi connectivity index (χ1) is 14.2. The molecule has 0 aromatic heterocycles. The predicted molar refractivity (Wildman–Crippen MR) is 61.8 cm³/mol. The fraction of sp³-hybridized carbons (Fsp3) is 1.00. The van der Waals surface area contributed by atoms with E-state index in [1.807, 2.05) is 0 Å². The summed E-state index contributed by atoms with van der Waals surface area (Å²) in [6, 6.07) is 0. The average molecular weight is 598 g/mol. The van der Waals surface area contributed by atoms with Crippen LogP contribution in [0.5, 0.6) is 0 Å². The molecule has 0 aromatic carbocycles. The van der Waals surface area contributed by atoms with Gasteiger partial charge in [0.15, 0.2) is 0 Å². The van der Waals surface area contributed by atoms with Crippen molar-refractivity contribution >= 4 is 21.0 Å². The molecule has 34 heavy (non-hydrogen) atoms. The van der Waals surface area contributed by atoms with Crippen LogP contribution in [0.4, 0.5) is 78.0 Å². The maximum absolute atomic E-state index is 14.0. The van der Waals surface area contributed by atoms with Crippen molar-refractivity contribution in [3.8, 4) is 0 Å². The smallest absolute Gasteiger partial charge is 0.194 e. The second-order valence-corrected chi connectivity index (χ2v) is 7.34. The van der Waals surface area contributed by atoms with Gasteiger partial charge in [-0.15, -0.1) is 0 Å². The van der Waals surface area contributed by atoms with Crippen LogP contribution in [0.3, 0.4) is 0 Å². The highest BCUT2D eigenvalue weighted by Crippen LogP contribution is 2.64. The molecule has 0 aliphatic heterocycles. The molecule has 26 heteroatoms. The summed E-state index contributed by atoms with van der Waals surface area (Å²) < 4.78 is 275. The number of alkyl halides is 16. The van der Waals surface area contributed by atoms with Gasteiger partial charge in [-0.3, -0.25) is 0 Å². The highest BCUT2D eigenvalue weighted by Gasteiger charge is 2.96. The van der Waals surface area contributed by atoms with Crippen LogP contribution < -0.4 is 0 Å². The molecule has 0 bridgehead atoms. The second kappa shape index (κ2) is 8.04. The molecule has 0 saturated carbocycles. The quantitative estimate of drug-likeness (QED) is 0.273. The van der Waals surface area contributed by atoms with Crippen molar-refractivity contribution in [2.24, 2.45) is 0 Å². The zero-order chi connectivity index (χ0) is 28.4. The minimum absolute atomic E-state index is 1.36. The Labute approximate surface area is 173 Å². The van der Waals surface area contributed by atoms with Gasteiger partial charge >= 0.3 is 68.8 Å². The van der Waals surface area contributed by atoms with Crippen molar-refractivity contribution in [2.75, 3.05) is 0 Å². The maximum atomic E-state index is 14.0. The monoisotopic (exact) mass is 598 g/mol. The Morgan fingerprint density at radius 3 is 0.941 bits per heavy atom. The number of rotatable bonds is 10. The minimum atomic E-state index is -9.12. The standard InChI is InChI=1S/C8F18O6S2/c9-1(10,3(13,14)5(17,18)7(20,21)22)2(11,12)4(15,16)6(19,31-33(25,27)28)8(23,24)32-34(26,29)30. The van der Waals surface area contributed by atoms with Gasteiger partial charge in [0.25, 0.3) is 0 Å². The van der Waals surface area contributed by atoms with Crippen LogP contribution in [0.25, 0.3) is 0 Å². The molecule has 0 saturated heterocycles. The van der Waals surface area contributed by atoms with Gasteiger partial charge < -0.3 is 0 Å². The molecule has 6 nitrogen and oxygen atoms in total. The molecule has 0 aromatic rings. The van der Waals surface area contributed by atoms with E-state index in [0.717, 1.165) is 0 Å². The summed E-state index contributed by atoms with van der Waals surface area (Å²) in [5.41, 5.74) is 0. The Balaban J connectivity index is 7.35. The van der Waals surface area contributed by atoms with Crippen LogP contribution in [0.2, 0.25) is 0 Å². The molecule has 0 aliphatic carbocycles. The van der Waals surface area contributed by atoms with Gasteiger partial charge in [-0.05, 0) is 0 Å². The predicted octanol–water partition coefficient (Wildman–Crippen LogP) is 4.45. The summed E-state index contributed by atoms with van der Waals surface area (Å²) in [5.74, 6) is -52.9. The van der Waals surface area contributed by atoms with Crippen LogP contribution in [0.15, 0.2) is 0 Å². The van der Waals surface area contributed by atoms with Crippen molar-refractivity contribution in [1.29, 1.82) is 0 Å². The fourth-order valence-corrected chi connectivity index (χ4v) is 2.40. The Kier molecular flexibility index (Phi) is 7.70. The molecule has 0 spiro atoms. The molecule has 0 N–H and O–H groups in total. The summed E-state index contributed by atoms with van der Waals surface area (Å²) in [6.45, 7) is 0. The van der Waals surface area contributed by atoms with E-state index in [2.05, 4.69) is 0 Å². The number of hydrogen-bond donors (Lipinski definition) is 0. The summed E-state index contributed by atoms with van der Waals surface area (Å²) in [6.07, 6.45) is -16.0. The van der Waals surface area contributed by atoms with E-state index in [0.29, 0.717) is 0 Å². The SMILES string of the molecule is O=S(=O)(F)OC(F)(F)C(F)(OS(=O)(=O)F)C(F)(F)C(F)(F)C(F)(F)C(F)(F)C(F)(F)C(F)(F)F. The van der Waals surface area contributed by atoms with E-state index in [9.17, 15) is 94.9 Å². The third kappa shape index (κ3) is 4.93. The average Bonchev–Trinajstić information content (AvgIpc) is 2.48. The van der Waals surface area contributed by atoms with Crippen LogP contribution in [-0.2, 0) is 29.4 Å². The summed E-state index contributed by atoms with van der Waals surface area (Å²) >= 11 is 0. The van der Waals surface area contributed by atoms with Crippen molar-refractivity contribution in [1.82, 2.24) is 0 Å². The highest BCUT2D eigenvalue weighted by molar-refractivity contribution is 7.81. The molecule has 0 amide bonds. The van der Waals surface area contributed by atoms with E-state index in [1.54, 1.807) is 0 Å². The van der Waals surface area contributed by atoms with E-state index in [1.165, 1.54) is 8.37 Å². The van der Waals surface area contributed by atoms with Gasteiger partial charge in [0.2, 0.25) is 0 Å². The van der Waals surface area contributed by atoms with Crippen LogP contribution >= 0.6 is 0 Å². The van der Waals surface area contributed by atoms with Gasteiger partial charge in [0.05, 0.1) is 0 Å². The largest absolute Gasteiger partial charge is 0.460 e. The first-order valence-corrected chi connectivity index (χ1v) is 9.11. The van der Waals surface area contributed by atoms with Crippen LogP contribution in [0, 0.1) is 0 Å². The summed E-state index contributed by atoms with van der Waals surface area (Å²) in [5, 5.41) is 0. The van der Waals surface area contributed by atoms with Crippen LogP contribution in [0.1, 0.15) is 0 Å². The molecule has 0 rings (SSSR count). The Morgan fingerprint density at radius 2 is 0.676 bits per heavy atom. The molecule has 0 aliphatic rings. The first kappa shape index (κ1) is 32.6. The van der Waals surface area contributed by atoms with Crippen molar-refractivity contribution < 1.29 is 103 Å². The van der Waals surface area contributed by atoms with Gasteiger partial charge in [0.1, 0.15) is 0 Å². The number of hydrogen-bond acceptors (Lipinski definition) is 6. The van der Waals surface area contributed by atoms with Crippen molar-refractivity contribution in [2.45, 2.75) is 47.8 Å². The molecule has 1 atom stereocenters. The Morgan fingerprint density at radius 1 is 0.412 bits per heavy atom. The topological polar surface area (TPSA) is 86.7 Å². The molecular weight excluding hydrogens is 598 g/mol. The van der Waals surface area contributed by atoms with E-state index in [-0.39, 0.29) is 0 Å². The van der Waals surface area contributed by atoms with Gasteiger partial charge in [0, 0.05) is 0 Å². The zero-order valence-electron chi connectivity index (χ0n) is 14.1. The van der Waals surface area contributed by atoms with Gasteiger partial charge in [-0.1, -0.05) is 7.77 Å². The molecule has 1 unspecified atom stereocenters. The second-order valence-electron chi connectivity index (χ2n) is 5.43. The fourth-order valence-electron chi connectivity index (χ4n) is 1.57. The zero-order valence-corrected chi connectivity index (χ0v) is 15.7. The molecule has 0 heterocycles. The van der Waals surface area contributed by atoms with Gasteiger partial charge in [-0.2, -0.15) is 95.4 Å². The lowest BCUT2D eigenvalue weighted by molar-refractivity contribution is -0.477. The van der Waals surface area contributed by atoms with Crippen molar-refractivity contribution in [3.05, 3.63) is 0 Å². The van der Waals surface area contributed by atoms with Gasteiger partial charge in [-0.25, -0.2) is 0 Å². The highest BCUT2D eigenvalue weighted by atomic mass is 32.3. The lowest BCUT2D eigenvalue weighted by Crippen LogP contribution is -2.76. The first-order valence-electron chi connectivity index (χ1n) is 6.49. The third-order valence-corrected chi connectivity index (χ3v) is 3.97.